The monoisotopic (exact) mass is 360 g/mol. The van der Waals surface area contributed by atoms with Gasteiger partial charge in [-0.3, -0.25) is 9.78 Å². The molecule has 0 atom stereocenters. The first-order valence-corrected chi connectivity index (χ1v) is 8.58. The Morgan fingerprint density at radius 3 is 2.70 bits per heavy atom. The molecule has 27 heavy (non-hydrogen) atoms. The first kappa shape index (κ1) is 18.3. The minimum absolute atomic E-state index is 0.343. The molecule has 0 aliphatic rings. The van der Waals surface area contributed by atoms with Crippen molar-refractivity contribution in [3.63, 3.8) is 0 Å². The van der Waals surface area contributed by atoms with E-state index in [0.717, 1.165) is 27.6 Å². The van der Waals surface area contributed by atoms with E-state index < -0.39 is 5.97 Å². The van der Waals surface area contributed by atoms with E-state index in [1.807, 2.05) is 62.4 Å². The minimum atomic E-state index is -0.585. The number of carbonyl (C=O) groups is 2. The van der Waals surface area contributed by atoms with Gasteiger partial charge in [0, 0.05) is 28.9 Å². The number of amides is 1. The molecular formula is C22H20N2O3. The Hall–Kier alpha value is -3.47. The van der Waals surface area contributed by atoms with E-state index in [2.05, 4.69) is 10.3 Å². The summed E-state index contributed by atoms with van der Waals surface area (Å²) in [5, 5.41) is 3.70. The Morgan fingerprint density at radius 1 is 1.07 bits per heavy atom. The number of rotatable bonds is 5. The number of carbonyl (C=O) groups excluding carboxylic acids is 2. The van der Waals surface area contributed by atoms with Gasteiger partial charge in [0.1, 0.15) is 0 Å². The van der Waals surface area contributed by atoms with E-state index in [-0.39, 0.29) is 12.5 Å². The van der Waals surface area contributed by atoms with Crippen molar-refractivity contribution in [2.24, 2.45) is 0 Å². The molecule has 0 saturated heterocycles. The molecule has 0 aliphatic carbocycles. The van der Waals surface area contributed by atoms with Crippen molar-refractivity contribution < 1.29 is 14.3 Å². The summed E-state index contributed by atoms with van der Waals surface area (Å²) < 4.78 is 5.01. The summed E-state index contributed by atoms with van der Waals surface area (Å²) in [7, 11) is 0. The number of hydrogen-bond donors (Lipinski definition) is 1. The third kappa shape index (κ3) is 4.79. The Morgan fingerprint density at radius 2 is 1.89 bits per heavy atom. The van der Waals surface area contributed by atoms with Crippen molar-refractivity contribution in [3.8, 4) is 0 Å². The average molecular weight is 360 g/mol. The number of benzene rings is 2. The summed E-state index contributed by atoms with van der Waals surface area (Å²) in [4.78, 5) is 28.2. The zero-order chi connectivity index (χ0) is 19.2. The Bertz CT molecular complexity index is 1020. The molecule has 0 saturated carbocycles. The summed E-state index contributed by atoms with van der Waals surface area (Å²) in [6.45, 7) is 3.63. The minimum Gasteiger partial charge on any atom is -0.452 e. The highest BCUT2D eigenvalue weighted by Crippen LogP contribution is 2.17. The molecule has 0 unspecified atom stereocenters. The van der Waals surface area contributed by atoms with Gasteiger partial charge in [-0.25, -0.2) is 4.79 Å². The summed E-state index contributed by atoms with van der Waals surface area (Å²) >= 11 is 0. The zero-order valence-corrected chi connectivity index (χ0v) is 15.2. The predicted octanol–water partition coefficient (Wildman–Crippen LogP) is 4.05. The maximum Gasteiger partial charge on any atom is 0.331 e. The molecule has 3 aromatic rings. The highest BCUT2D eigenvalue weighted by molar-refractivity contribution is 5.96. The first-order chi connectivity index (χ1) is 13.0. The molecule has 136 valence electrons. The fraction of sp³-hybridized carbons (Fsp3) is 0.136. The molecule has 0 spiro atoms. The van der Waals surface area contributed by atoms with E-state index >= 15 is 0 Å². The molecule has 5 heteroatoms. The third-order valence-corrected chi connectivity index (χ3v) is 4.20. The van der Waals surface area contributed by atoms with Crippen LogP contribution in [0.4, 0.5) is 5.69 Å². The lowest BCUT2D eigenvalue weighted by molar-refractivity contribution is -0.142. The van der Waals surface area contributed by atoms with Crippen LogP contribution >= 0.6 is 0 Å². The van der Waals surface area contributed by atoms with Gasteiger partial charge in [-0.15, -0.1) is 0 Å². The van der Waals surface area contributed by atoms with E-state index in [1.54, 1.807) is 12.3 Å². The molecule has 0 bridgehead atoms. The third-order valence-electron chi connectivity index (χ3n) is 4.20. The van der Waals surface area contributed by atoms with Crippen LogP contribution < -0.4 is 5.32 Å². The normalized spacial score (nSPS) is 10.9. The SMILES string of the molecule is Cc1ccc(NC(=O)COC(=O)/C=C/c2cccc3cccnc23)cc1C. The van der Waals surface area contributed by atoms with Crippen LogP contribution in [-0.2, 0) is 14.3 Å². The number of ether oxygens (including phenoxy) is 1. The number of para-hydroxylation sites is 1. The first-order valence-electron chi connectivity index (χ1n) is 8.58. The number of nitrogens with one attached hydrogen (secondary N) is 1. The highest BCUT2D eigenvalue weighted by Gasteiger charge is 2.07. The van der Waals surface area contributed by atoms with Crippen molar-refractivity contribution in [2.45, 2.75) is 13.8 Å². The van der Waals surface area contributed by atoms with Crippen LogP contribution in [0.5, 0.6) is 0 Å². The molecule has 0 aliphatic heterocycles. The molecule has 0 fully saturated rings. The fourth-order valence-corrected chi connectivity index (χ4v) is 2.62. The van der Waals surface area contributed by atoms with Crippen molar-refractivity contribution >= 4 is 34.5 Å². The largest absolute Gasteiger partial charge is 0.452 e. The molecule has 1 amide bonds. The molecule has 5 nitrogen and oxygen atoms in total. The number of anilines is 1. The lowest BCUT2D eigenvalue weighted by Gasteiger charge is -2.07. The van der Waals surface area contributed by atoms with Crippen molar-refractivity contribution in [1.29, 1.82) is 0 Å². The maximum absolute atomic E-state index is 11.9. The van der Waals surface area contributed by atoms with Gasteiger partial charge in [-0.2, -0.15) is 0 Å². The predicted molar refractivity (Wildman–Crippen MR) is 106 cm³/mol. The maximum atomic E-state index is 11.9. The lowest BCUT2D eigenvalue weighted by atomic mass is 10.1. The van der Waals surface area contributed by atoms with Gasteiger partial charge in [-0.05, 0) is 49.2 Å². The van der Waals surface area contributed by atoms with E-state index in [4.69, 9.17) is 4.74 Å². The van der Waals surface area contributed by atoms with Gasteiger partial charge in [0.15, 0.2) is 6.61 Å². The van der Waals surface area contributed by atoms with Crippen molar-refractivity contribution in [3.05, 3.63) is 77.5 Å². The van der Waals surface area contributed by atoms with E-state index in [1.165, 1.54) is 6.08 Å². The van der Waals surface area contributed by atoms with E-state index in [9.17, 15) is 9.59 Å². The summed E-state index contributed by atoms with van der Waals surface area (Å²) in [5.74, 6) is -0.968. The second kappa shape index (κ2) is 8.27. The number of fused-ring (bicyclic) bond motifs is 1. The second-order valence-electron chi connectivity index (χ2n) is 6.21. The number of nitrogens with zero attached hydrogens (tertiary/aromatic N) is 1. The topological polar surface area (TPSA) is 68.3 Å². The van der Waals surface area contributed by atoms with Crippen LogP contribution in [0.25, 0.3) is 17.0 Å². The van der Waals surface area contributed by atoms with E-state index in [0.29, 0.717) is 5.69 Å². The standard InChI is InChI=1S/C22H20N2O3/c1-15-8-10-19(13-16(15)2)24-20(25)14-27-21(26)11-9-18-6-3-5-17-7-4-12-23-22(17)18/h3-13H,14H2,1-2H3,(H,24,25)/b11-9+. The zero-order valence-electron chi connectivity index (χ0n) is 15.2. The molecule has 1 aromatic heterocycles. The van der Waals surface area contributed by atoms with Gasteiger partial charge >= 0.3 is 5.97 Å². The summed E-state index contributed by atoms with van der Waals surface area (Å²) in [6.07, 6.45) is 4.64. The molecule has 0 radical (unpaired) electrons. The van der Waals surface area contributed by atoms with Gasteiger partial charge in [0.05, 0.1) is 5.52 Å². The molecule has 1 N–H and O–H groups in total. The second-order valence-corrected chi connectivity index (χ2v) is 6.21. The highest BCUT2D eigenvalue weighted by atomic mass is 16.5. The van der Waals surface area contributed by atoms with Crippen LogP contribution in [0, 0.1) is 13.8 Å². The van der Waals surface area contributed by atoms with Crippen molar-refractivity contribution in [2.75, 3.05) is 11.9 Å². The fourth-order valence-electron chi connectivity index (χ4n) is 2.62. The molecule has 3 rings (SSSR count). The van der Waals surface area contributed by atoms with Gasteiger partial charge in [0.25, 0.3) is 5.91 Å². The van der Waals surface area contributed by atoms with Crippen molar-refractivity contribution in [1.82, 2.24) is 4.98 Å². The average Bonchev–Trinajstić information content (AvgIpc) is 2.67. The smallest absolute Gasteiger partial charge is 0.331 e. The summed E-state index contributed by atoms with van der Waals surface area (Å²) in [6, 6.07) is 15.1. The number of esters is 1. The van der Waals surface area contributed by atoms with Crippen LogP contribution in [0.15, 0.2) is 60.8 Å². The van der Waals surface area contributed by atoms with Crippen LogP contribution in [-0.4, -0.2) is 23.5 Å². The number of aryl methyl sites for hydroxylation is 2. The number of hydrogen-bond acceptors (Lipinski definition) is 4. The van der Waals surface area contributed by atoms with Gasteiger partial charge in [-0.1, -0.05) is 30.3 Å². The van der Waals surface area contributed by atoms with Crippen LogP contribution in [0.1, 0.15) is 16.7 Å². The lowest BCUT2D eigenvalue weighted by Crippen LogP contribution is -2.20. The summed E-state index contributed by atoms with van der Waals surface area (Å²) in [5.41, 5.74) is 4.52. The molecule has 1 heterocycles. The van der Waals surface area contributed by atoms with Gasteiger partial charge < -0.3 is 10.1 Å². The Balaban J connectivity index is 1.56. The quantitative estimate of drug-likeness (QED) is 0.551. The Kier molecular flexibility index (Phi) is 5.61. The van der Waals surface area contributed by atoms with Crippen LogP contribution in [0.2, 0.25) is 0 Å². The number of pyridine rings is 1. The van der Waals surface area contributed by atoms with Crippen LogP contribution in [0.3, 0.4) is 0 Å². The number of aromatic nitrogens is 1. The molecule has 2 aromatic carbocycles. The Labute approximate surface area is 157 Å². The van der Waals surface area contributed by atoms with Gasteiger partial charge in [0.2, 0.25) is 0 Å². The molecular weight excluding hydrogens is 340 g/mol.